The number of aromatic nitrogens is 2. The average Bonchev–Trinajstić information content (AvgIpc) is 2.41. The number of aromatic amines is 1. The third kappa shape index (κ3) is 4.19. The molecule has 1 heterocycles. The number of thioether (sulfide) groups is 1. The Morgan fingerprint density at radius 3 is 2.76 bits per heavy atom. The van der Waals surface area contributed by atoms with Crippen LogP contribution in [-0.2, 0) is 4.79 Å². The molecule has 21 heavy (non-hydrogen) atoms. The largest absolute Gasteiger partial charge is 0.325 e. The van der Waals surface area contributed by atoms with Gasteiger partial charge in [0.15, 0.2) is 5.16 Å². The Kier molecular flexibility index (Phi) is 4.80. The minimum absolute atomic E-state index is 0.126. The average molecular weight is 303 g/mol. The van der Waals surface area contributed by atoms with Crippen molar-refractivity contribution in [3.63, 3.8) is 0 Å². The summed E-state index contributed by atoms with van der Waals surface area (Å²) in [5.74, 6) is -0.126. The molecule has 0 fully saturated rings. The normalized spacial score (nSPS) is 12.0. The first-order chi connectivity index (χ1) is 9.95. The summed E-state index contributed by atoms with van der Waals surface area (Å²) >= 11 is 1.22. The molecule has 0 saturated carbocycles. The number of nitrogens with one attached hydrogen (secondary N) is 2. The van der Waals surface area contributed by atoms with E-state index in [9.17, 15) is 9.59 Å². The van der Waals surface area contributed by atoms with Crippen LogP contribution in [0.1, 0.15) is 18.1 Å². The minimum Gasteiger partial charge on any atom is -0.325 e. The van der Waals surface area contributed by atoms with Crippen LogP contribution in [0.25, 0.3) is 0 Å². The SMILES string of the molecule is Cc1ccc(NC(=O)[C@@H](C)Sc2nccc(=O)[nH]2)c(C)c1. The van der Waals surface area contributed by atoms with E-state index < -0.39 is 0 Å². The summed E-state index contributed by atoms with van der Waals surface area (Å²) in [6, 6.07) is 7.20. The van der Waals surface area contributed by atoms with E-state index in [1.807, 2.05) is 32.0 Å². The first kappa shape index (κ1) is 15.3. The second-order valence-electron chi connectivity index (χ2n) is 4.81. The van der Waals surface area contributed by atoms with Gasteiger partial charge in [-0.1, -0.05) is 29.5 Å². The molecular formula is C15H17N3O2S. The molecule has 1 amide bonds. The molecule has 6 heteroatoms. The van der Waals surface area contributed by atoms with E-state index in [1.54, 1.807) is 6.92 Å². The summed E-state index contributed by atoms with van der Waals surface area (Å²) < 4.78 is 0. The predicted molar refractivity (Wildman–Crippen MR) is 84.7 cm³/mol. The quantitative estimate of drug-likeness (QED) is 0.672. The Labute approximate surface area is 127 Å². The molecule has 5 nitrogen and oxygen atoms in total. The molecule has 0 spiro atoms. The van der Waals surface area contributed by atoms with Gasteiger partial charge in [0.1, 0.15) is 0 Å². The second kappa shape index (κ2) is 6.58. The number of carbonyl (C=O) groups is 1. The van der Waals surface area contributed by atoms with E-state index in [-0.39, 0.29) is 16.7 Å². The number of hydrogen-bond acceptors (Lipinski definition) is 4. The van der Waals surface area contributed by atoms with Gasteiger partial charge in [-0.05, 0) is 32.4 Å². The standard InChI is InChI=1S/C15H17N3O2S/c1-9-4-5-12(10(2)8-9)17-14(20)11(3)21-15-16-7-6-13(19)18-15/h4-8,11H,1-3H3,(H,17,20)(H,16,18,19)/t11-/m1/s1. The van der Waals surface area contributed by atoms with Gasteiger partial charge in [-0.3, -0.25) is 9.59 Å². The van der Waals surface area contributed by atoms with Gasteiger partial charge in [-0.25, -0.2) is 4.98 Å². The smallest absolute Gasteiger partial charge is 0.251 e. The fourth-order valence-electron chi connectivity index (χ4n) is 1.82. The van der Waals surface area contributed by atoms with Crippen LogP contribution in [0.4, 0.5) is 5.69 Å². The maximum atomic E-state index is 12.2. The van der Waals surface area contributed by atoms with E-state index in [4.69, 9.17) is 0 Å². The summed E-state index contributed by atoms with van der Waals surface area (Å²) in [5.41, 5.74) is 2.74. The highest BCUT2D eigenvalue weighted by atomic mass is 32.2. The van der Waals surface area contributed by atoms with Gasteiger partial charge in [0.2, 0.25) is 5.91 Å². The van der Waals surface area contributed by atoms with E-state index in [0.717, 1.165) is 16.8 Å². The highest BCUT2D eigenvalue weighted by molar-refractivity contribution is 8.00. The molecular weight excluding hydrogens is 286 g/mol. The summed E-state index contributed by atoms with van der Waals surface area (Å²) in [4.78, 5) is 30.0. The van der Waals surface area contributed by atoms with Crippen LogP contribution in [0.5, 0.6) is 0 Å². The zero-order chi connectivity index (χ0) is 15.4. The first-order valence-electron chi connectivity index (χ1n) is 6.56. The van der Waals surface area contributed by atoms with Gasteiger partial charge in [0.05, 0.1) is 5.25 Å². The van der Waals surface area contributed by atoms with Crippen molar-refractivity contribution in [3.8, 4) is 0 Å². The van der Waals surface area contributed by atoms with Crippen molar-refractivity contribution in [2.75, 3.05) is 5.32 Å². The van der Waals surface area contributed by atoms with Crippen LogP contribution < -0.4 is 10.9 Å². The van der Waals surface area contributed by atoms with Crippen LogP contribution in [0, 0.1) is 13.8 Å². The van der Waals surface area contributed by atoms with Crippen molar-refractivity contribution >= 4 is 23.4 Å². The Hall–Kier alpha value is -2.08. The summed E-state index contributed by atoms with van der Waals surface area (Å²) in [5, 5.41) is 2.96. The fraction of sp³-hybridized carbons (Fsp3) is 0.267. The number of aryl methyl sites for hydroxylation is 2. The van der Waals surface area contributed by atoms with Crippen molar-refractivity contribution in [1.82, 2.24) is 9.97 Å². The number of rotatable bonds is 4. The van der Waals surface area contributed by atoms with Crippen molar-refractivity contribution in [2.45, 2.75) is 31.2 Å². The van der Waals surface area contributed by atoms with Crippen LogP contribution >= 0.6 is 11.8 Å². The Morgan fingerprint density at radius 2 is 2.10 bits per heavy atom. The Bertz CT molecular complexity index is 712. The molecule has 1 aromatic carbocycles. The molecule has 2 N–H and O–H groups in total. The van der Waals surface area contributed by atoms with Crippen molar-refractivity contribution in [2.24, 2.45) is 0 Å². The number of anilines is 1. The predicted octanol–water partition coefficient (Wildman–Crippen LogP) is 2.51. The topological polar surface area (TPSA) is 74.8 Å². The highest BCUT2D eigenvalue weighted by Crippen LogP contribution is 2.21. The van der Waals surface area contributed by atoms with Crippen LogP contribution in [0.15, 0.2) is 40.4 Å². The van der Waals surface area contributed by atoms with Gasteiger partial charge in [0, 0.05) is 18.0 Å². The maximum absolute atomic E-state index is 12.2. The second-order valence-corrected chi connectivity index (χ2v) is 6.14. The number of nitrogens with zero attached hydrogens (tertiary/aromatic N) is 1. The molecule has 2 aromatic rings. The van der Waals surface area contributed by atoms with Crippen LogP contribution in [0.2, 0.25) is 0 Å². The highest BCUT2D eigenvalue weighted by Gasteiger charge is 2.16. The maximum Gasteiger partial charge on any atom is 0.251 e. The Morgan fingerprint density at radius 1 is 1.33 bits per heavy atom. The number of hydrogen-bond donors (Lipinski definition) is 2. The number of carbonyl (C=O) groups excluding carboxylic acids is 1. The van der Waals surface area contributed by atoms with Gasteiger partial charge in [-0.15, -0.1) is 0 Å². The molecule has 0 saturated heterocycles. The summed E-state index contributed by atoms with van der Waals surface area (Å²) in [7, 11) is 0. The molecule has 1 aromatic heterocycles. The third-order valence-corrected chi connectivity index (χ3v) is 3.94. The van der Waals surface area contributed by atoms with E-state index in [0.29, 0.717) is 5.16 Å². The zero-order valence-electron chi connectivity index (χ0n) is 12.1. The molecule has 0 aliphatic rings. The number of H-pyrrole nitrogens is 1. The van der Waals surface area contributed by atoms with Gasteiger partial charge < -0.3 is 10.3 Å². The van der Waals surface area contributed by atoms with Gasteiger partial charge in [-0.2, -0.15) is 0 Å². The Balaban J connectivity index is 2.04. The molecule has 110 valence electrons. The fourth-order valence-corrected chi connectivity index (χ4v) is 2.60. The van der Waals surface area contributed by atoms with Crippen LogP contribution in [0.3, 0.4) is 0 Å². The van der Waals surface area contributed by atoms with Gasteiger partial charge >= 0.3 is 0 Å². The number of amides is 1. The monoisotopic (exact) mass is 303 g/mol. The van der Waals surface area contributed by atoms with E-state index in [2.05, 4.69) is 15.3 Å². The van der Waals surface area contributed by atoms with Crippen molar-refractivity contribution < 1.29 is 4.79 Å². The first-order valence-corrected chi connectivity index (χ1v) is 7.44. The molecule has 0 unspecified atom stereocenters. The molecule has 0 radical (unpaired) electrons. The van der Waals surface area contributed by atoms with Gasteiger partial charge in [0.25, 0.3) is 5.56 Å². The number of benzene rings is 1. The van der Waals surface area contributed by atoms with E-state index in [1.165, 1.54) is 24.0 Å². The summed E-state index contributed by atoms with van der Waals surface area (Å²) in [6.07, 6.45) is 1.43. The lowest BCUT2D eigenvalue weighted by Crippen LogP contribution is -2.23. The van der Waals surface area contributed by atoms with Crippen LogP contribution in [-0.4, -0.2) is 21.1 Å². The molecule has 2 rings (SSSR count). The van der Waals surface area contributed by atoms with Crippen molar-refractivity contribution in [3.05, 3.63) is 51.9 Å². The lowest BCUT2D eigenvalue weighted by Gasteiger charge is -2.13. The minimum atomic E-state index is -0.365. The molecule has 1 atom stereocenters. The summed E-state index contributed by atoms with van der Waals surface area (Å²) in [6.45, 7) is 5.74. The van der Waals surface area contributed by atoms with E-state index >= 15 is 0 Å². The third-order valence-electron chi connectivity index (χ3n) is 2.95. The lowest BCUT2D eigenvalue weighted by atomic mass is 10.1. The lowest BCUT2D eigenvalue weighted by molar-refractivity contribution is -0.115. The molecule has 0 bridgehead atoms. The molecule has 0 aliphatic heterocycles. The van der Waals surface area contributed by atoms with Crippen molar-refractivity contribution in [1.29, 1.82) is 0 Å². The zero-order valence-corrected chi connectivity index (χ0v) is 13.0. The molecule has 0 aliphatic carbocycles.